The number of hydrogen-bond acceptors (Lipinski definition) is 2. The van der Waals surface area contributed by atoms with Crippen molar-refractivity contribution in [3.8, 4) is 0 Å². The van der Waals surface area contributed by atoms with Crippen LogP contribution in [-0.2, 0) is 12.8 Å². The fourth-order valence-electron chi connectivity index (χ4n) is 3.87. The van der Waals surface area contributed by atoms with E-state index in [1.807, 2.05) is 0 Å². The molecule has 2 heterocycles. The van der Waals surface area contributed by atoms with Gasteiger partial charge in [0.25, 0.3) is 0 Å². The molecule has 0 radical (unpaired) electrons. The summed E-state index contributed by atoms with van der Waals surface area (Å²) in [4.78, 5) is 6.32. The highest BCUT2D eigenvalue weighted by atomic mass is 15.2. The predicted octanol–water partition coefficient (Wildman–Crippen LogP) is 2.24. The highest BCUT2D eigenvalue weighted by molar-refractivity contribution is 5.85. The molecule has 106 valence electrons. The van der Waals surface area contributed by atoms with E-state index in [1.165, 1.54) is 54.5 Å². The quantitative estimate of drug-likeness (QED) is 0.832. The third-order valence-corrected chi connectivity index (χ3v) is 4.99. The van der Waals surface area contributed by atoms with Crippen molar-refractivity contribution in [2.75, 3.05) is 26.2 Å². The first-order valence-electron chi connectivity index (χ1n) is 7.86. The van der Waals surface area contributed by atoms with E-state index in [2.05, 4.69) is 40.3 Å². The Bertz CT molecular complexity index is 622. The van der Waals surface area contributed by atoms with Gasteiger partial charge in [-0.15, -0.1) is 0 Å². The Morgan fingerprint density at radius 1 is 1.20 bits per heavy atom. The largest absolute Gasteiger partial charge is 0.358 e. The molecule has 2 N–H and O–H groups in total. The van der Waals surface area contributed by atoms with E-state index in [-0.39, 0.29) is 0 Å². The highest BCUT2D eigenvalue weighted by Crippen LogP contribution is 2.31. The van der Waals surface area contributed by atoms with Gasteiger partial charge in [0.1, 0.15) is 0 Å². The SMILES string of the molecule is Cc1ccc2[nH]c3c(c2c1)CC(N1CCNCC1)CC3. The molecule has 1 aromatic carbocycles. The first-order chi connectivity index (χ1) is 9.81. The van der Waals surface area contributed by atoms with Crippen LogP contribution >= 0.6 is 0 Å². The maximum Gasteiger partial charge on any atom is 0.0459 e. The Balaban J connectivity index is 1.67. The summed E-state index contributed by atoms with van der Waals surface area (Å²) >= 11 is 0. The second kappa shape index (κ2) is 4.90. The fraction of sp³-hybridized carbons (Fsp3) is 0.529. The zero-order valence-corrected chi connectivity index (χ0v) is 12.2. The summed E-state index contributed by atoms with van der Waals surface area (Å²) in [6.07, 6.45) is 3.73. The molecule has 2 aromatic rings. The lowest BCUT2D eigenvalue weighted by atomic mass is 9.90. The summed E-state index contributed by atoms with van der Waals surface area (Å²) in [6, 6.07) is 7.54. The smallest absolute Gasteiger partial charge is 0.0459 e. The van der Waals surface area contributed by atoms with Gasteiger partial charge in [0.2, 0.25) is 0 Å². The summed E-state index contributed by atoms with van der Waals surface area (Å²) in [6.45, 7) is 6.91. The number of aryl methyl sites for hydroxylation is 2. The molecule has 1 atom stereocenters. The lowest BCUT2D eigenvalue weighted by molar-refractivity contribution is 0.159. The molecule has 0 spiro atoms. The number of aromatic amines is 1. The normalized spacial score (nSPS) is 23.9. The topological polar surface area (TPSA) is 31.1 Å². The summed E-state index contributed by atoms with van der Waals surface area (Å²) in [5, 5.41) is 4.92. The van der Waals surface area contributed by atoms with Crippen molar-refractivity contribution < 1.29 is 0 Å². The van der Waals surface area contributed by atoms with Crippen LogP contribution in [0.2, 0.25) is 0 Å². The van der Waals surface area contributed by atoms with E-state index in [0.29, 0.717) is 0 Å². The van der Waals surface area contributed by atoms with Crippen LogP contribution in [0.15, 0.2) is 18.2 Å². The molecule has 0 amide bonds. The van der Waals surface area contributed by atoms with Crippen LogP contribution in [-0.4, -0.2) is 42.1 Å². The van der Waals surface area contributed by atoms with Gasteiger partial charge in [-0.05, 0) is 43.9 Å². The van der Waals surface area contributed by atoms with Crippen LogP contribution in [0.5, 0.6) is 0 Å². The van der Waals surface area contributed by atoms with Gasteiger partial charge in [-0.1, -0.05) is 11.6 Å². The third kappa shape index (κ3) is 2.05. The Kier molecular flexibility index (Phi) is 3.04. The number of rotatable bonds is 1. The molecule has 1 aliphatic heterocycles. The molecular formula is C17H23N3. The second-order valence-electron chi connectivity index (χ2n) is 6.31. The van der Waals surface area contributed by atoms with Crippen LogP contribution in [0.1, 0.15) is 23.2 Å². The number of hydrogen-bond donors (Lipinski definition) is 2. The van der Waals surface area contributed by atoms with Gasteiger partial charge in [0.05, 0.1) is 0 Å². The minimum Gasteiger partial charge on any atom is -0.358 e. The van der Waals surface area contributed by atoms with E-state index < -0.39 is 0 Å². The molecule has 2 aliphatic rings. The summed E-state index contributed by atoms with van der Waals surface area (Å²) in [7, 11) is 0. The lowest BCUT2D eigenvalue weighted by Gasteiger charge is -2.37. The molecule has 1 aliphatic carbocycles. The maximum absolute atomic E-state index is 3.64. The molecule has 3 heteroatoms. The predicted molar refractivity (Wildman–Crippen MR) is 83.3 cm³/mol. The summed E-state index contributed by atoms with van der Waals surface area (Å²) in [5.41, 5.74) is 5.75. The minimum atomic E-state index is 0.740. The van der Waals surface area contributed by atoms with Gasteiger partial charge in [0, 0.05) is 48.8 Å². The van der Waals surface area contributed by atoms with E-state index in [0.717, 1.165) is 19.1 Å². The first-order valence-corrected chi connectivity index (χ1v) is 7.86. The maximum atomic E-state index is 3.64. The van der Waals surface area contributed by atoms with E-state index in [4.69, 9.17) is 0 Å². The Morgan fingerprint density at radius 2 is 2.05 bits per heavy atom. The summed E-state index contributed by atoms with van der Waals surface area (Å²) < 4.78 is 0. The molecule has 1 saturated heterocycles. The molecule has 0 saturated carbocycles. The van der Waals surface area contributed by atoms with Gasteiger partial charge >= 0.3 is 0 Å². The van der Waals surface area contributed by atoms with Crippen LogP contribution in [0.25, 0.3) is 10.9 Å². The zero-order chi connectivity index (χ0) is 13.5. The van der Waals surface area contributed by atoms with Crippen molar-refractivity contribution >= 4 is 10.9 Å². The molecular weight excluding hydrogens is 246 g/mol. The molecule has 4 rings (SSSR count). The van der Waals surface area contributed by atoms with Crippen molar-refractivity contribution in [2.24, 2.45) is 0 Å². The van der Waals surface area contributed by atoms with Crippen molar-refractivity contribution in [3.63, 3.8) is 0 Å². The average molecular weight is 269 g/mol. The van der Waals surface area contributed by atoms with E-state index >= 15 is 0 Å². The Morgan fingerprint density at radius 3 is 2.90 bits per heavy atom. The Hall–Kier alpha value is -1.32. The van der Waals surface area contributed by atoms with E-state index in [9.17, 15) is 0 Å². The van der Waals surface area contributed by atoms with Crippen LogP contribution in [0, 0.1) is 6.92 Å². The Labute approximate surface area is 120 Å². The number of benzene rings is 1. The summed E-state index contributed by atoms with van der Waals surface area (Å²) in [5.74, 6) is 0. The number of fused-ring (bicyclic) bond motifs is 3. The van der Waals surface area contributed by atoms with Crippen molar-refractivity contribution in [3.05, 3.63) is 35.0 Å². The molecule has 0 bridgehead atoms. The van der Waals surface area contributed by atoms with Crippen LogP contribution < -0.4 is 5.32 Å². The number of piperazine rings is 1. The standard InChI is InChI=1S/C17H23N3/c1-12-2-4-16-14(10-12)15-11-13(3-5-17(15)19-16)20-8-6-18-7-9-20/h2,4,10,13,18-19H,3,5-9,11H2,1H3. The third-order valence-electron chi connectivity index (χ3n) is 4.99. The van der Waals surface area contributed by atoms with Gasteiger partial charge in [0.15, 0.2) is 0 Å². The lowest BCUT2D eigenvalue weighted by Crippen LogP contribution is -2.50. The fourth-order valence-corrected chi connectivity index (χ4v) is 3.87. The number of H-pyrrole nitrogens is 1. The molecule has 1 unspecified atom stereocenters. The second-order valence-corrected chi connectivity index (χ2v) is 6.31. The molecule has 20 heavy (non-hydrogen) atoms. The monoisotopic (exact) mass is 269 g/mol. The van der Waals surface area contributed by atoms with Crippen molar-refractivity contribution in [1.82, 2.24) is 15.2 Å². The number of aromatic nitrogens is 1. The van der Waals surface area contributed by atoms with Gasteiger partial charge in [-0.25, -0.2) is 0 Å². The molecule has 1 fully saturated rings. The minimum absolute atomic E-state index is 0.740. The average Bonchev–Trinajstić information content (AvgIpc) is 2.85. The van der Waals surface area contributed by atoms with Gasteiger partial charge in [-0.2, -0.15) is 0 Å². The molecule has 3 nitrogen and oxygen atoms in total. The van der Waals surface area contributed by atoms with Gasteiger partial charge in [-0.3, -0.25) is 4.90 Å². The van der Waals surface area contributed by atoms with Crippen LogP contribution in [0.4, 0.5) is 0 Å². The van der Waals surface area contributed by atoms with Crippen molar-refractivity contribution in [1.29, 1.82) is 0 Å². The first kappa shape index (κ1) is 12.4. The van der Waals surface area contributed by atoms with E-state index in [1.54, 1.807) is 5.56 Å². The number of nitrogens with zero attached hydrogens (tertiary/aromatic N) is 1. The highest BCUT2D eigenvalue weighted by Gasteiger charge is 2.27. The van der Waals surface area contributed by atoms with Crippen LogP contribution in [0.3, 0.4) is 0 Å². The van der Waals surface area contributed by atoms with Gasteiger partial charge < -0.3 is 10.3 Å². The number of nitrogens with one attached hydrogen (secondary N) is 2. The van der Waals surface area contributed by atoms with Crippen molar-refractivity contribution in [2.45, 2.75) is 32.2 Å². The molecule has 1 aromatic heterocycles. The zero-order valence-electron chi connectivity index (χ0n) is 12.2.